The minimum Gasteiger partial charge on any atom is -0.289 e. The van der Waals surface area contributed by atoms with Gasteiger partial charge in [0.15, 0.2) is 17.4 Å². The van der Waals surface area contributed by atoms with Crippen LogP contribution in [0.2, 0.25) is 0 Å². The lowest BCUT2D eigenvalue weighted by molar-refractivity contribution is 0.103. The molecule has 0 aromatic heterocycles. The molecular formula is C15H12F2O4S. The number of rotatable bonds is 5. The molecule has 2 rings (SSSR count). The Kier molecular flexibility index (Phi) is 4.68. The zero-order chi connectivity index (χ0) is 16.3. The molecule has 4 nitrogen and oxygen atoms in total. The van der Waals surface area contributed by atoms with Crippen molar-refractivity contribution < 1.29 is 26.5 Å². The second kappa shape index (κ2) is 6.33. The zero-order valence-electron chi connectivity index (χ0n) is 11.3. The summed E-state index contributed by atoms with van der Waals surface area (Å²) in [4.78, 5) is 12.1. The molecule has 0 saturated heterocycles. The van der Waals surface area contributed by atoms with Crippen LogP contribution in [0.5, 0.6) is 0 Å². The monoisotopic (exact) mass is 326 g/mol. The van der Waals surface area contributed by atoms with Crippen LogP contribution in [0.4, 0.5) is 8.78 Å². The second-order valence-corrected chi connectivity index (χ2v) is 6.26. The van der Waals surface area contributed by atoms with Crippen LogP contribution in [0, 0.1) is 11.6 Å². The predicted molar refractivity (Wildman–Crippen MR) is 76.4 cm³/mol. The summed E-state index contributed by atoms with van der Waals surface area (Å²) in [6.07, 6.45) is 0.110. The zero-order valence-corrected chi connectivity index (χ0v) is 12.1. The van der Waals surface area contributed by atoms with Crippen molar-refractivity contribution in [1.82, 2.24) is 0 Å². The van der Waals surface area contributed by atoms with Gasteiger partial charge in [-0.25, -0.2) is 8.78 Å². The van der Waals surface area contributed by atoms with Crippen molar-refractivity contribution in [2.24, 2.45) is 0 Å². The average Bonchev–Trinajstić information content (AvgIpc) is 2.47. The predicted octanol–water partition coefficient (Wildman–Crippen LogP) is 2.63. The highest BCUT2D eigenvalue weighted by atomic mass is 32.2. The van der Waals surface area contributed by atoms with Crippen LogP contribution in [0.15, 0.2) is 42.5 Å². The third-order valence-electron chi connectivity index (χ3n) is 3.05. The Balaban J connectivity index is 2.15. The molecule has 0 unspecified atom stereocenters. The van der Waals surface area contributed by atoms with Gasteiger partial charge < -0.3 is 0 Å². The quantitative estimate of drug-likeness (QED) is 0.677. The molecule has 2 aromatic rings. The molecule has 116 valence electrons. The number of ketones is 1. The van der Waals surface area contributed by atoms with Crippen LogP contribution in [-0.4, -0.2) is 24.5 Å². The molecule has 7 heteroatoms. The number of hydrogen-bond donors (Lipinski definition) is 1. The molecule has 0 atom stereocenters. The van der Waals surface area contributed by atoms with Crippen molar-refractivity contribution in [3.8, 4) is 0 Å². The fourth-order valence-corrected chi connectivity index (χ4v) is 2.37. The first-order chi connectivity index (χ1) is 10.3. The third-order valence-corrected chi connectivity index (χ3v) is 3.77. The summed E-state index contributed by atoms with van der Waals surface area (Å²) >= 11 is 0. The molecule has 0 fully saturated rings. The summed E-state index contributed by atoms with van der Waals surface area (Å²) in [7, 11) is -4.04. The van der Waals surface area contributed by atoms with Gasteiger partial charge in [0.05, 0.1) is 5.75 Å². The Hall–Kier alpha value is -2.12. The first-order valence-corrected chi connectivity index (χ1v) is 7.91. The Labute approximate surface area is 126 Å². The summed E-state index contributed by atoms with van der Waals surface area (Å²) in [6, 6.07) is 8.89. The van der Waals surface area contributed by atoms with Gasteiger partial charge in [-0.2, -0.15) is 8.42 Å². The minimum atomic E-state index is -4.04. The molecular weight excluding hydrogens is 314 g/mol. The molecule has 0 aliphatic heterocycles. The van der Waals surface area contributed by atoms with Crippen molar-refractivity contribution in [3.63, 3.8) is 0 Å². The Morgan fingerprint density at radius 3 is 2.09 bits per heavy atom. The summed E-state index contributed by atoms with van der Waals surface area (Å²) in [6.45, 7) is 0. The van der Waals surface area contributed by atoms with Gasteiger partial charge in [-0.3, -0.25) is 9.35 Å². The number of halogens is 2. The molecule has 22 heavy (non-hydrogen) atoms. The first-order valence-electron chi connectivity index (χ1n) is 6.30. The van der Waals surface area contributed by atoms with Gasteiger partial charge in [-0.15, -0.1) is 0 Å². The molecule has 0 radical (unpaired) electrons. The van der Waals surface area contributed by atoms with Gasteiger partial charge in [0.1, 0.15) is 0 Å². The smallest absolute Gasteiger partial charge is 0.265 e. The Morgan fingerprint density at radius 2 is 1.55 bits per heavy atom. The van der Waals surface area contributed by atoms with Crippen LogP contribution in [0.25, 0.3) is 0 Å². The molecule has 0 aliphatic carbocycles. The number of aryl methyl sites for hydroxylation is 1. The van der Waals surface area contributed by atoms with Crippen LogP contribution in [-0.2, 0) is 16.5 Å². The molecule has 0 saturated carbocycles. The van der Waals surface area contributed by atoms with Gasteiger partial charge in [-0.1, -0.05) is 24.3 Å². The lowest BCUT2D eigenvalue weighted by Gasteiger charge is -2.04. The van der Waals surface area contributed by atoms with E-state index in [1.54, 1.807) is 0 Å². The second-order valence-electron chi connectivity index (χ2n) is 4.69. The van der Waals surface area contributed by atoms with Gasteiger partial charge in [0.25, 0.3) is 10.1 Å². The van der Waals surface area contributed by atoms with Crippen molar-refractivity contribution in [2.45, 2.75) is 6.42 Å². The fraction of sp³-hybridized carbons (Fsp3) is 0.133. The third kappa shape index (κ3) is 4.19. The summed E-state index contributed by atoms with van der Waals surface area (Å²) in [5.41, 5.74) is 0.908. The SMILES string of the molecule is O=C(c1ccc(CCS(=O)(=O)O)cc1)c1ccc(F)c(F)c1. The first kappa shape index (κ1) is 16.3. The number of benzene rings is 2. The van der Waals surface area contributed by atoms with Crippen molar-refractivity contribution in [1.29, 1.82) is 0 Å². The van der Waals surface area contributed by atoms with Gasteiger partial charge in [-0.05, 0) is 30.2 Å². The Morgan fingerprint density at radius 1 is 0.955 bits per heavy atom. The highest BCUT2D eigenvalue weighted by molar-refractivity contribution is 7.85. The van der Waals surface area contributed by atoms with E-state index >= 15 is 0 Å². The summed E-state index contributed by atoms with van der Waals surface area (Å²) in [5.74, 6) is -3.02. The maximum atomic E-state index is 13.1. The average molecular weight is 326 g/mol. The molecule has 0 spiro atoms. The molecule has 0 amide bonds. The molecule has 0 bridgehead atoms. The van der Waals surface area contributed by atoms with E-state index < -0.39 is 33.3 Å². The van der Waals surface area contributed by atoms with Crippen LogP contribution >= 0.6 is 0 Å². The fourth-order valence-electron chi connectivity index (χ4n) is 1.87. The molecule has 1 N–H and O–H groups in total. The van der Waals surface area contributed by atoms with E-state index in [-0.39, 0.29) is 17.5 Å². The number of carbonyl (C=O) groups excluding carboxylic acids is 1. The van der Waals surface area contributed by atoms with E-state index in [4.69, 9.17) is 4.55 Å². The van der Waals surface area contributed by atoms with E-state index in [0.717, 1.165) is 12.1 Å². The van der Waals surface area contributed by atoms with Crippen LogP contribution in [0.3, 0.4) is 0 Å². The standard InChI is InChI=1S/C15H12F2O4S/c16-13-6-5-12(9-14(13)17)15(18)11-3-1-10(2-4-11)7-8-22(19,20)21/h1-6,9H,7-8H2,(H,19,20,21). The number of hydrogen-bond acceptors (Lipinski definition) is 3. The van der Waals surface area contributed by atoms with Gasteiger partial charge in [0, 0.05) is 11.1 Å². The maximum absolute atomic E-state index is 13.1. The van der Waals surface area contributed by atoms with E-state index in [0.29, 0.717) is 5.56 Å². The van der Waals surface area contributed by atoms with E-state index in [9.17, 15) is 22.0 Å². The van der Waals surface area contributed by atoms with Crippen LogP contribution < -0.4 is 0 Å². The lowest BCUT2D eigenvalue weighted by Crippen LogP contribution is -2.07. The molecule has 0 heterocycles. The van der Waals surface area contributed by atoms with E-state index in [2.05, 4.69) is 0 Å². The van der Waals surface area contributed by atoms with Crippen molar-refractivity contribution in [2.75, 3.05) is 5.75 Å². The topological polar surface area (TPSA) is 71.4 Å². The molecule has 2 aromatic carbocycles. The highest BCUT2D eigenvalue weighted by Gasteiger charge is 2.12. The van der Waals surface area contributed by atoms with Crippen molar-refractivity contribution in [3.05, 3.63) is 70.8 Å². The molecule has 0 aliphatic rings. The summed E-state index contributed by atoms with van der Waals surface area (Å²) < 4.78 is 56.0. The van der Waals surface area contributed by atoms with E-state index in [1.165, 1.54) is 30.3 Å². The van der Waals surface area contributed by atoms with Crippen molar-refractivity contribution >= 4 is 15.9 Å². The lowest BCUT2D eigenvalue weighted by atomic mass is 10.0. The summed E-state index contributed by atoms with van der Waals surface area (Å²) in [5, 5.41) is 0. The number of carbonyl (C=O) groups is 1. The maximum Gasteiger partial charge on any atom is 0.265 e. The highest BCUT2D eigenvalue weighted by Crippen LogP contribution is 2.15. The Bertz CT molecular complexity index is 799. The van der Waals surface area contributed by atoms with Gasteiger partial charge in [0.2, 0.25) is 0 Å². The minimum absolute atomic E-state index is 0.0181. The van der Waals surface area contributed by atoms with Crippen LogP contribution in [0.1, 0.15) is 21.5 Å². The van der Waals surface area contributed by atoms with Gasteiger partial charge >= 0.3 is 0 Å². The normalized spacial score (nSPS) is 11.4. The van der Waals surface area contributed by atoms with E-state index in [1.807, 2.05) is 0 Å². The largest absolute Gasteiger partial charge is 0.289 e.